The number of halogens is 1. The minimum atomic E-state index is -3.65. The van der Waals surface area contributed by atoms with E-state index in [9.17, 15) is 22.4 Å². The lowest BCUT2D eigenvalue weighted by Gasteiger charge is -2.29. The molecule has 0 fully saturated rings. The zero-order valence-electron chi connectivity index (χ0n) is 17.3. The van der Waals surface area contributed by atoms with Gasteiger partial charge in [0.2, 0.25) is 15.9 Å². The third-order valence-corrected chi connectivity index (χ3v) is 7.92. The van der Waals surface area contributed by atoms with Gasteiger partial charge in [0.05, 0.1) is 10.9 Å². The molecule has 1 aromatic heterocycles. The van der Waals surface area contributed by atoms with E-state index in [1.54, 1.807) is 0 Å². The first-order valence-corrected chi connectivity index (χ1v) is 12.0. The molecule has 2 heterocycles. The second-order valence-corrected chi connectivity index (χ2v) is 10.6. The maximum Gasteiger partial charge on any atom is 0.255 e. The third kappa shape index (κ3) is 4.04. The van der Waals surface area contributed by atoms with Gasteiger partial charge in [-0.1, -0.05) is 6.07 Å². The molecule has 0 saturated heterocycles. The summed E-state index contributed by atoms with van der Waals surface area (Å²) in [5, 5.41) is 4.58. The smallest absolute Gasteiger partial charge is 0.255 e. The molecule has 166 valence electrons. The Labute approximate surface area is 189 Å². The van der Waals surface area contributed by atoms with Gasteiger partial charge < -0.3 is 10.2 Å². The van der Waals surface area contributed by atoms with Crippen LogP contribution in [0.4, 0.5) is 10.1 Å². The van der Waals surface area contributed by atoms with Crippen LogP contribution in [0, 0.1) is 5.82 Å². The van der Waals surface area contributed by atoms with E-state index in [4.69, 9.17) is 0 Å². The van der Waals surface area contributed by atoms with Crippen molar-refractivity contribution in [1.29, 1.82) is 0 Å². The topological polar surface area (TPSA) is 86.8 Å². The molecule has 1 unspecified atom stereocenters. The van der Waals surface area contributed by atoms with Crippen LogP contribution in [0.5, 0.6) is 0 Å². The lowest BCUT2D eigenvalue weighted by atomic mass is 10.0. The Morgan fingerprint density at radius 1 is 1.16 bits per heavy atom. The van der Waals surface area contributed by atoms with E-state index in [0.717, 1.165) is 9.18 Å². The zero-order chi connectivity index (χ0) is 23.0. The maximum absolute atomic E-state index is 14.1. The van der Waals surface area contributed by atoms with E-state index >= 15 is 0 Å². The Morgan fingerprint density at radius 2 is 1.88 bits per heavy atom. The Balaban J connectivity index is 1.78. The van der Waals surface area contributed by atoms with Crippen LogP contribution in [0.25, 0.3) is 0 Å². The highest BCUT2D eigenvalue weighted by atomic mass is 32.2. The van der Waals surface area contributed by atoms with E-state index in [-0.39, 0.29) is 17.0 Å². The van der Waals surface area contributed by atoms with Crippen molar-refractivity contribution in [1.82, 2.24) is 9.21 Å². The van der Waals surface area contributed by atoms with Crippen molar-refractivity contribution >= 4 is 38.9 Å². The Hall–Kier alpha value is -3.08. The van der Waals surface area contributed by atoms with Gasteiger partial charge in [0.15, 0.2) is 0 Å². The molecule has 0 radical (unpaired) electrons. The molecule has 1 atom stereocenters. The van der Waals surface area contributed by atoms with E-state index in [1.807, 2.05) is 17.5 Å². The fourth-order valence-electron chi connectivity index (χ4n) is 3.57. The number of fused-ring (bicyclic) bond motifs is 1. The van der Waals surface area contributed by atoms with Gasteiger partial charge in [0.25, 0.3) is 5.91 Å². The molecular weight excluding hydrogens is 453 g/mol. The molecule has 7 nitrogen and oxygen atoms in total. The lowest BCUT2D eigenvalue weighted by molar-refractivity contribution is -0.117. The number of benzene rings is 2. The van der Waals surface area contributed by atoms with Crippen molar-refractivity contribution in [2.75, 3.05) is 26.0 Å². The number of hydrogen-bond donors (Lipinski definition) is 1. The van der Waals surface area contributed by atoms with Gasteiger partial charge in [0, 0.05) is 35.8 Å². The van der Waals surface area contributed by atoms with Crippen LogP contribution >= 0.6 is 11.3 Å². The van der Waals surface area contributed by atoms with Gasteiger partial charge in [-0.05, 0) is 53.9 Å². The Morgan fingerprint density at radius 3 is 2.50 bits per heavy atom. The molecule has 2 amide bonds. The molecule has 0 spiro atoms. The number of hydrogen-bond acceptors (Lipinski definition) is 5. The molecule has 1 N–H and O–H groups in total. The first-order valence-electron chi connectivity index (χ1n) is 9.65. The highest BCUT2D eigenvalue weighted by Crippen LogP contribution is 2.38. The fraction of sp³-hybridized carbons (Fsp3) is 0.182. The van der Waals surface area contributed by atoms with Crippen LogP contribution in [0.15, 0.2) is 64.9 Å². The first kappa shape index (κ1) is 22.1. The lowest BCUT2D eigenvalue weighted by Crippen LogP contribution is -2.38. The fourth-order valence-corrected chi connectivity index (χ4v) is 5.32. The number of amides is 2. The van der Waals surface area contributed by atoms with Crippen LogP contribution in [-0.2, 0) is 14.8 Å². The van der Waals surface area contributed by atoms with Crippen LogP contribution in [0.3, 0.4) is 0 Å². The predicted octanol–water partition coefficient (Wildman–Crippen LogP) is 3.32. The van der Waals surface area contributed by atoms with Crippen molar-refractivity contribution in [3.8, 4) is 0 Å². The molecule has 4 rings (SSSR count). The number of thiophene rings is 1. The summed E-state index contributed by atoms with van der Waals surface area (Å²) in [6.07, 6.45) is 0. The molecule has 1 aliphatic rings. The molecule has 3 aromatic rings. The standard InChI is InChI=1S/C22H20FN3O4S2/c1-25(2)32(29,30)16-8-5-14(6-9-16)22(28)26-13-20(27)24-18-10-7-15(23)12-17(18)21(26)19-4-3-11-31-19/h3-12,21H,13H2,1-2H3,(H,24,27). The monoisotopic (exact) mass is 473 g/mol. The molecule has 2 aromatic carbocycles. The van der Waals surface area contributed by atoms with Gasteiger partial charge in [-0.2, -0.15) is 0 Å². The number of rotatable bonds is 4. The van der Waals surface area contributed by atoms with Crippen molar-refractivity contribution in [2.45, 2.75) is 10.9 Å². The quantitative estimate of drug-likeness (QED) is 0.630. The normalized spacial score (nSPS) is 16.4. The van der Waals surface area contributed by atoms with E-state index < -0.39 is 33.7 Å². The molecule has 1 aliphatic heterocycles. The van der Waals surface area contributed by atoms with Crippen LogP contribution < -0.4 is 5.32 Å². The van der Waals surface area contributed by atoms with Gasteiger partial charge in [-0.25, -0.2) is 17.1 Å². The third-order valence-electron chi connectivity index (χ3n) is 5.16. The number of carbonyl (C=O) groups is 2. The molecule has 0 saturated carbocycles. The minimum Gasteiger partial charge on any atom is -0.324 e. The number of nitrogens with zero attached hydrogens (tertiary/aromatic N) is 2. The molecular formula is C22H20FN3O4S2. The van der Waals surface area contributed by atoms with Gasteiger partial charge >= 0.3 is 0 Å². The predicted molar refractivity (Wildman–Crippen MR) is 120 cm³/mol. The molecule has 0 aliphatic carbocycles. The summed E-state index contributed by atoms with van der Waals surface area (Å²) in [7, 11) is -0.799. The average molecular weight is 474 g/mol. The maximum atomic E-state index is 14.1. The number of sulfonamides is 1. The number of carbonyl (C=O) groups excluding carboxylic acids is 2. The SMILES string of the molecule is CN(C)S(=O)(=O)c1ccc(C(=O)N2CC(=O)Nc3ccc(F)cc3C2c2cccs2)cc1. The van der Waals surface area contributed by atoms with Gasteiger partial charge in [0.1, 0.15) is 12.4 Å². The second kappa shape index (κ2) is 8.45. The highest BCUT2D eigenvalue weighted by molar-refractivity contribution is 7.89. The van der Waals surface area contributed by atoms with Crippen molar-refractivity contribution in [2.24, 2.45) is 0 Å². The first-order chi connectivity index (χ1) is 15.2. The summed E-state index contributed by atoms with van der Waals surface area (Å²) in [5.74, 6) is -1.35. The number of nitrogens with one attached hydrogen (secondary N) is 1. The van der Waals surface area contributed by atoms with Crippen molar-refractivity contribution in [3.63, 3.8) is 0 Å². The van der Waals surface area contributed by atoms with Gasteiger partial charge in [-0.15, -0.1) is 11.3 Å². The minimum absolute atomic E-state index is 0.0508. The van der Waals surface area contributed by atoms with Crippen LogP contribution in [0.1, 0.15) is 26.8 Å². The summed E-state index contributed by atoms with van der Waals surface area (Å²) in [6, 6.07) is 12.6. The largest absolute Gasteiger partial charge is 0.324 e. The van der Waals surface area contributed by atoms with E-state index in [1.165, 1.54) is 72.8 Å². The molecule has 32 heavy (non-hydrogen) atoms. The van der Waals surface area contributed by atoms with Gasteiger partial charge in [-0.3, -0.25) is 9.59 Å². The van der Waals surface area contributed by atoms with Crippen molar-refractivity contribution in [3.05, 3.63) is 81.8 Å². The van der Waals surface area contributed by atoms with E-state index in [2.05, 4.69) is 5.32 Å². The Kier molecular flexibility index (Phi) is 5.85. The Bertz CT molecular complexity index is 1270. The number of anilines is 1. The summed E-state index contributed by atoms with van der Waals surface area (Å²) in [5.41, 5.74) is 1.13. The highest BCUT2D eigenvalue weighted by Gasteiger charge is 2.35. The summed E-state index contributed by atoms with van der Waals surface area (Å²) in [6.45, 7) is -0.241. The summed E-state index contributed by atoms with van der Waals surface area (Å²) in [4.78, 5) is 28.3. The molecule has 0 bridgehead atoms. The van der Waals surface area contributed by atoms with Crippen LogP contribution in [0.2, 0.25) is 0 Å². The average Bonchev–Trinajstić information content (AvgIpc) is 3.24. The summed E-state index contributed by atoms with van der Waals surface area (Å²) >= 11 is 1.39. The zero-order valence-corrected chi connectivity index (χ0v) is 18.9. The molecule has 10 heteroatoms. The van der Waals surface area contributed by atoms with Crippen molar-refractivity contribution < 1.29 is 22.4 Å². The van der Waals surface area contributed by atoms with Crippen LogP contribution in [-0.4, -0.2) is 50.1 Å². The summed E-state index contributed by atoms with van der Waals surface area (Å²) < 4.78 is 39.9. The van der Waals surface area contributed by atoms with E-state index in [0.29, 0.717) is 11.3 Å². The second-order valence-electron chi connectivity index (χ2n) is 7.44.